The third-order valence-electron chi connectivity index (χ3n) is 3.94. The Morgan fingerprint density at radius 1 is 0.800 bits per heavy atom. The molecule has 0 aliphatic carbocycles. The third-order valence-corrected chi connectivity index (χ3v) is 5.91. The minimum absolute atomic E-state index is 0.240. The first kappa shape index (κ1) is 17.9. The molecule has 1 atom stereocenters. The van der Waals surface area contributed by atoms with Gasteiger partial charge in [-0.15, -0.1) is 0 Å². The maximum atomic E-state index is 12.8. The molecule has 3 rings (SSSR count). The lowest BCUT2D eigenvalue weighted by atomic mass is 9.99. The van der Waals surface area contributed by atoms with Gasteiger partial charge in [0.15, 0.2) is 0 Å². The maximum absolute atomic E-state index is 12.8. The van der Waals surface area contributed by atoms with Crippen LogP contribution in [0.15, 0.2) is 88.2 Å². The van der Waals surface area contributed by atoms with Crippen molar-refractivity contribution in [1.29, 1.82) is 0 Å². The molecule has 0 fully saturated rings. The van der Waals surface area contributed by atoms with E-state index < -0.39 is 16.1 Å². The van der Waals surface area contributed by atoms with E-state index in [0.29, 0.717) is 0 Å². The highest BCUT2D eigenvalue weighted by atomic mass is 79.9. The molecule has 0 unspecified atom stereocenters. The summed E-state index contributed by atoms with van der Waals surface area (Å²) in [5.74, 6) is 0. The van der Waals surface area contributed by atoms with Crippen molar-refractivity contribution < 1.29 is 8.42 Å². The largest absolute Gasteiger partial charge is 0.241 e. The predicted molar refractivity (Wildman–Crippen MR) is 104 cm³/mol. The minimum atomic E-state index is -3.65. The molecule has 0 heterocycles. The topological polar surface area (TPSA) is 46.2 Å². The van der Waals surface area contributed by atoms with Gasteiger partial charge in [-0.05, 0) is 42.3 Å². The molecule has 25 heavy (non-hydrogen) atoms. The highest BCUT2D eigenvalue weighted by Gasteiger charge is 2.22. The van der Waals surface area contributed by atoms with E-state index in [2.05, 4.69) is 20.7 Å². The summed E-state index contributed by atoms with van der Waals surface area (Å²) < 4.78 is 29.4. The van der Waals surface area contributed by atoms with E-state index in [9.17, 15) is 8.42 Å². The van der Waals surface area contributed by atoms with E-state index in [1.807, 2.05) is 61.5 Å². The second kappa shape index (κ2) is 7.52. The zero-order chi connectivity index (χ0) is 17.9. The number of halogens is 1. The average Bonchev–Trinajstić information content (AvgIpc) is 2.62. The van der Waals surface area contributed by atoms with Crippen LogP contribution in [0.1, 0.15) is 22.7 Å². The fourth-order valence-corrected chi connectivity index (χ4v) is 4.05. The fourth-order valence-electron chi connectivity index (χ4n) is 2.57. The predicted octanol–water partition coefficient (Wildman–Crippen LogP) is 4.83. The van der Waals surface area contributed by atoms with Crippen LogP contribution in [0, 0.1) is 6.92 Å². The molecule has 3 aromatic rings. The zero-order valence-electron chi connectivity index (χ0n) is 13.7. The summed E-state index contributed by atoms with van der Waals surface area (Å²) in [7, 11) is -3.65. The Bertz CT molecular complexity index is 937. The van der Waals surface area contributed by atoms with Gasteiger partial charge in [-0.3, -0.25) is 0 Å². The molecule has 0 spiro atoms. The summed E-state index contributed by atoms with van der Waals surface area (Å²) in [5, 5.41) is 0. The molecule has 3 aromatic carbocycles. The van der Waals surface area contributed by atoms with Crippen molar-refractivity contribution >= 4 is 26.0 Å². The fraction of sp³-hybridized carbons (Fsp3) is 0.100. The Morgan fingerprint density at radius 2 is 1.36 bits per heavy atom. The van der Waals surface area contributed by atoms with Crippen LogP contribution in [0.4, 0.5) is 0 Å². The lowest BCUT2D eigenvalue weighted by Crippen LogP contribution is -2.29. The molecule has 0 amide bonds. The molecular weight excluding hydrogens is 398 g/mol. The second-order valence-corrected chi connectivity index (χ2v) is 8.46. The minimum Gasteiger partial charge on any atom is -0.207 e. The van der Waals surface area contributed by atoms with Crippen LogP contribution in [-0.2, 0) is 10.0 Å². The molecule has 0 aromatic heterocycles. The number of aryl methyl sites for hydroxylation is 1. The molecule has 0 aliphatic heterocycles. The first-order valence-corrected chi connectivity index (χ1v) is 10.1. The molecule has 0 bridgehead atoms. The lowest BCUT2D eigenvalue weighted by molar-refractivity contribution is 0.572. The molecule has 0 saturated carbocycles. The van der Waals surface area contributed by atoms with Crippen LogP contribution in [0.5, 0.6) is 0 Å². The molecule has 3 nitrogen and oxygen atoms in total. The summed E-state index contributed by atoms with van der Waals surface area (Å²) in [4.78, 5) is 0.240. The van der Waals surface area contributed by atoms with Crippen LogP contribution in [-0.4, -0.2) is 8.42 Å². The van der Waals surface area contributed by atoms with Crippen molar-refractivity contribution in [3.8, 4) is 0 Å². The van der Waals surface area contributed by atoms with Gasteiger partial charge in [0.25, 0.3) is 0 Å². The van der Waals surface area contributed by atoms with Crippen LogP contribution < -0.4 is 4.72 Å². The highest BCUT2D eigenvalue weighted by Crippen LogP contribution is 2.25. The molecule has 5 heteroatoms. The summed E-state index contributed by atoms with van der Waals surface area (Å²) in [5.41, 5.74) is 2.93. The Balaban J connectivity index is 2.00. The SMILES string of the molecule is Cc1ccc([C@H](NS(=O)(=O)c2ccc(Br)cc2)c2ccccc2)cc1. The van der Waals surface area contributed by atoms with Gasteiger partial charge in [-0.1, -0.05) is 76.1 Å². The number of sulfonamides is 1. The first-order chi connectivity index (χ1) is 12.0. The quantitative estimate of drug-likeness (QED) is 0.648. The van der Waals surface area contributed by atoms with Crippen LogP contribution in [0.3, 0.4) is 0 Å². The van der Waals surface area contributed by atoms with E-state index in [4.69, 9.17) is 0 Å². The van der Waals surface area contributed by atoms with Crippen molar-refractivity contribution in [3.63, 3.8) is 0 Å². The first-order valence-electron chi connectivity index (χ1n) is 7.85. The van der Waals surface area contributed by atoms with Gasteiger partial charge in [-0.25, -0.2) is 8.42 Å². The van der Waals surface area contributed by atoms with E-state index in [1.54, 1.807) is 24.3 Å². The van der Waals surface area contributed by atoms with Crippen molar-refractivity contribution in [1.82, 2.24) is 4.72 Å². The summed E-state index contributed by atoms with van der Waals surface area (Å²) in [6.45, 7) is 2.01. The molecule has 1 N–H and O–H groups in total. The number of nitrogens with one attached hydrogen (secondary N) is 1. The van der Waals surface area contributed by atoms with E-state index in [1.165, 1.54) is 0 Å². The molecule has 128 valence electrons. The van der Waals surface area contributed by atoms with Crippen LogP contribution in [0.2, 0.25) is 0 Å². The normalized spacial score (nSPS) is 12.7. The lowest BCUT2D eigenvalue weighted by Gasteiger charge is -2.20. The van der Waals surface area contributed by atoms with Crippen LogP contribution in [0.25, 0.3) is 0 Å². The van der Waals surface area contributed by atoms with Gasteiger partial charge in [0, 0.05) is 4.47 Å². The standard InChI is InChI=1S/C20H18BrNO2S/c1-15-7-9-17(10-8-15)20(16-5-3-2-4-6-16)22-25(23,24)19-13-11-18(21)12-14-19/h2-14,20,22H,1H3/t20-/m1/s1. The Morgan fingerprint density at radius 3 is 1.96 bits per heavy atom. The van der Waals surface area contributed by atoms with Gasteiger partial charge >= 0.3 is 0 Å². The zero-order valence-corrected chi connectivity index (χ0v) is 16.1. The van der Waals surface area contributed by atoms with Gasteiger partial charge in [0.2, 0.25) is 10.0 Å². The third kappa shape index (κ3) is 4.37. The van der Waals surface area contributed by atoms with Crippen molar-refractivity contribution in [3.05, 3.63) is 100 Å². The number of benzene rings is 3. The van der Waals surface area contributed by atoms with Gasteiger partial charge in [0.05, 0.1) is 10.9 Å². The Labute approximate surface area is 156 Å². The molecule has 0 saturated heterocycles. The molecular formula is C20H18BrNO2S. The van der Waals surface area contributed by atoms with Crippen molar-refractivity contribution in [2.24, 2.45) is 0 Å². The Kier molecular flexibility index (Phi) is 5.37. The van der Waals surface area contributed by atoms with Crippen molar-refractivity contribution in [2.75, 3.05) is 0 Å². The highest BCUT2D eigenvalue weighted by molar-refractivity contribution is 9.10. The van der Waals surface area contributed by atoms with Gasteiger partial charge in [0.1, 0.15) is 0 Å². The molecule has 0 radical (unpaired) electrons. The van der Waals surface area contributed by atoms with Crippen LogP contribution >= 0.6 is 15.9 Å². The van der Waals surface area contributed by atoms with Gasteiger partial charge < -0.3 is 0 Å². The molecule has 0 aliphatic rings. The van der Waals surface area contributed by atoms with E-state index >= 15 is 0 Å². The summed E-state index contributed by atoms with van der Waals surface area (Å²) >= 11 is 3.33. The van der Waals surface area contributed by atoms with E-state index in [0.717, 1.165) is 21.2 Å². The monoisotopic (exact) mass is 415 g/mol. The summed E-state index contributed by atoms with van der Waals surface area (Å²) in [6.07, 6.45) is 0. The van der Waals surface area contributed by atoms with Gasteiger partial charge in [-0.2, -0.15) is 4.72 Å². The number of hydrogen-bond donors (Lipinski definition) is 1. The van der Waals surface area contributed by atoms with E-state index in [-0.39, 0.29) is 4.90 Å². The number of hydrogen-bond acceptors (Lipinski definition) is 2. The van der Waals surface area contributed by atoms with Crippen molar-refractivity contribution in [2.45, 2.75) is 17.9 Å². The second-order valence-electron chi connectivity index (χ2n) is 5.83. The smallest absolute Gasteiger partial charge is 0.207 e. The summed E-state index contributed by atoms with van der Waals surface area (Å²) in [6, 6.07) is 23.6. The maximum Gasteiger partial charge on any atom is 0.241 e. The Hall–Kier alpha value is -1.95. The number of rotatable bonds is 5. The average molecular weight is 416 g/mol.